The van der Waals surface area contributed by atoms with E-state index in [9.17, 15) is 14.9 Å². The molecule has 4 rings (SSSR count). The number of nitro groups is 1. The maximum Gasteiger partial charge on any atom is 0.319 e. The molecule has 0 saturated carbocycles. The molecule has 0 saturated heterocycles. The molecule has 142 valence electrons. The number of hydrogen-bond donors (Lipinski definition) is 1. The predicted molar refractivity (Wildman–Crippen MR) is 104 cm³/mol. The molecule has 0 bridgehead atoms. The van der Waals surface area contributed by atoms with Crippen LogP contribution in [0.1, 0.15) is 34.2 Å². The van der Waals surface area contributed by atoms with Crippen molar-refractivity contribution in [3.8, 4) is 0 Å². The fourth-order valence-electron chi connectivity index (χ4n) is 3.58. The third kappa shape index (κ3) is 3.04. The summed E-state index contributed by atoms with van der Waals surface area (Å²) in [6.07, 6.45) is 4.38. The topological polar surface area (TPSA) is 123 Å². The van der Waals surface area contributed by atoms with E-state index in [1.54, 1.807) is 0 Å². The standard InChI is InChI=1S/C19H18N6O3/c1-11-16(25(27)28)15(17(26)19(2)20-7-8-21-19)24-18(22-11)23-14-9-12-5-3-4-6-13(12)10-14/h3-8,14H,9-10H2,1-2H3,(H,22,23,24). The van der Waals surface area contributed by atoms with Crippen molar-refractivity contribution in [2.24, 2.45) is 9.98 Å². The van der Waals surface area contributed by atoms with Crippen LogP contribution in [0.4, 0.5) is 11.6 Å². The molecule has 9 heteroatoms. The van der Waals surface area contributed by atoms with E-state index in [0.29, 0.717) is 0 Å². The van der Waals surface area contributed by atoms with E-state index in [2.05, 4.69) is 37.4 Å². The molecular weight excluding hydrogens is 360 g/mol. The molecular formula is C19H18N6O3. The van der Waals surface area contributed by atoms with Crippen molar-refractivity contribution in [2.75, 3.05) is 5.32 Å². The SMILES string of the molecule is Cc1nc(NC2Cc3ccccc3C2)nc(C(=O)C2(C)N=CC=N2)c1[N+](=O)[O-]. The Labute approximate surface area is 160 Å². The van der Waals surface area contributed by atoms with Gasteiger partial charge >= 0.3 is 5.69 Å². The molecule has 28 heavy (non-hydrogen) atoms. The van der Waals surface area contributed by atoms with Crippen LogP contribution in [0, 0.1) is 17.0 Å². The molecule has 2 aromatic rings. The van der Waals surface area contributed by atoms with Gasteiger partial charge in [-0.2, -0.15) is 0 Å². The first-order chi connectivity index (χ1) is 13.4. The van der Waals surface area contributed by atoms with E-state index in [-0.39, 0.29) is 23.4 Å². The van der Waals surface area contributed by atoms with Crippen molar-refractivity contribution in [3.05, 3.63) is 56.9 Å². The smallest absolute Gasteiger partial charge is 0.319 e. The minimum atomic E-state index is -1.44. The first kappa shape index (κ1) is 17.9. The molecule has 0 radical (unpaired) electrons. The summed E-state index contributed by atoms with van der Waals surface area (Å²) in [6.45, 7) is 2.99. The number of benzene rings is 1. The number of aliphatic imine (C=N–C) groups is 2. The van der Waals surface area contributed by atoms with Crippen LogP contribution in [-0.2, 0) is 12.8 Å². The summed E-state index contributed by atoms with van der Waals surface area (Å²) >= 11 is 0. The van der Waals surface area contributed by atoms with Gasteiger partial charge in [-0.3, -0.25) is 24.9 Å². The van der Waals surface area contributed by atoms with E-state index in [0.717, 1.165) is 12.8 Å². The van der Waals surface area contributed by atoms with Gasteiger partial charge in [0, 0.05) is 18.5 Å². The van der Waals surface area contributed by atoms with Gasteiger partial charge in [0.15, 0.2) is 5.69 Å². The van der Waals surface area contributed by atoms with Crippen molar-refractivity contribution in [3.63, 3.8) is 0 Å². The van der Waals surface area contributed by atoms with Gasteiger partial charge < -0.3 is 5.32 Å². The van der Waals surface area contributed by atoms with E-state index in [1.165, 1.54) is 37.4 Å². The van der Waals surface area contributed by atoms with Crippen LogP contribution >= 0.6 is 0 Å². The normalized spacial score (nSPS) is 16.9. The highest BCUT2D eigenvalue weighted by molar-refractivity contribution is 6.21. The number of fused-ring (bicyclic) bond motifs is 1. The number of nitrogens with one attached hydrogen (secondary N) is 1. The number of carbonyl (C=O) groups is 1. The number of hydrogen-bond acceptors (Lipinski definition) is 8. The highest BCUT2D eigenvalue weighted by Crippen LogP contribution is 2.30. The van der Waals surface area contributed by atoms with Crippen LogP contribution in [0.25, 0.3) is 0 Å². The number of rotatable bonds is 5. The monoisotopic (exact) mass is 378 g/mol. The lowest BCUT2D eigenvalue weighted by atomic mass is 10.0. The van der Waals surface area contributed by atoms with Gasteiger partial charge in [-0.05, 0) is 37.8 Å². The summed E-state index contributed by atoms with van der Waals surface area (Å²) in [7, 11) is 0. The van der Waals surface area contributed by atoms with E-state index >= 15 is 0 Å². The highest BCUT2D eigenvalue weighted by Gasteiger charge is 2.40. The molecule has 1 aliphatic heterocycles. The number of Topliss-reactive ketones (excluding diaryl/α,β-unsaturated/α-hetero) is 1. The van der Waals surface area contributed by atoms with Crippen LogP contribution in [0.5, 0.6) is 0 Å². The van der Waals surface area contributed by atoms with Gasteiger partial charge in [0.1, 0.15) is 5.69 Å². The molecule has 1 aromatic heterocycles. The number of nitrogens with zero attached hydrogens (tertiary/aromatic N) is 5. The molecule has 0 atom stereocenters. The largest absolute Gasteiger partial charge is 0.351 e. The Kier molecular flexibility index (Phi) is 4.21. The zero-order valence-corrected chi connectivity index (χ0v) is 15.4. The molecule has 2 aliphatic rings. The van der Waals surface area contributed by atoms with Crippen LogP contribution in [0.2, 0.25) is 0 Å². The van der Waals surface area contributed by atoms with Gasteiger partial charge in [0.05, 0.1) is 4.92 Å². The molecule has 1 aliphatic carbocycles. The zero-order valence-electron chi connectivity index (χ0n) is 15.4. The summed E-state index contributed by atoms with van der Waals surface area (Å²) in [5, 5.41) is 14.8. The Morgan fingerprint density at radius 1 is 1.18 bits per heavy atom. The second kappa shape index (κ2) is 6.59. The number of aryl methyl sites for hydroxylation is 1. The fourth-order valence-corrected chi connectivity index (χ4v) is 3.58. The zero-order chi connectivity index (χ0) is 19.9. The number of carbonyl (C=O) groups excluding carboxylic acids is 1. The molecule has 9 nitrogen and oxygen atoms in total. The first-order valence-electron chi connectivity index (χ1n) is 8.87. The summed E-state index contributed by atoms with van der Waals surface area (Å²) in [5.74, 6) is -0.439. The molecule has 1 N–H and O–H groups in total. The predicted octanol–water partition coefficient (Wildman–Crippen LogP) is 2.33. The van der Waals surface area contributed by atoms with Crippen molar-refractivity contribution in [1.82, 2.24) is 9.97 Å². The summed E-state index contributed by atoms with van der Waals surface area (Å²) < 4.78 is 0. The molecule has 1 aromatic carbocycles. The minimum Gasteiger partial charge on any atom is -0.351 e. The van der Waals surface area contributed by atoms with Crippen molar-refractivity contribution < 1.29 is 9.72 Å². The molecule has 0 spiro atoms. The fraction of sp³-hybridized carbons (Fsp3) is 0.316. The highest BCUT2D eigenvalue weighted by atomic mass is 16.6. The maximum absolute atomic E-state index is 13.0. The maximum atomic E-state index is 13.0. The summed E-state index contributed by atoms with van der Waals surface area (Å²) in [6, 6.07) is 8.19. The van der Waals surface area contributed by atoms with E-state index in [4.69, 9.17) is 0 Å². The quantitative estimate of drug-likeness (QED) is 0.484. The van der Waals surface area contributed by atoms with Gasteiger partial charge in [0.25, 0.3) is 0 Å². The second-order valence-electron chi connectivity index (χ2n) is 7.01. The van der Waals surface area contributed by atoms with Gasteiger partial charge in [-0.1, -0.05) is 24.3 Å². The van der Waals surface area contributed by atoms with Crippen molar-refractivity contribution in [2.45, 2.75) is 38.4 Å². The third-order valence-electron chi connectivity index (χ3n) is 4.99. The number of anilines is 1. The number of aromatic nitrogens is 2. The lowest BCUT2D eigenvalue weighted by molar-refractivity contribution is -0.386. The average Bonchev–Trinajstić information content (AvgIpc) is 3.26. The van der Waals surface area contributed by atoms with Crippen LogP contribution in [-0.4, -0.2) is 44.8 Å². The first-order valence-corrected chi connectivity index (χ1v) is 8.87. The van der Waals surface area contributed by atoms with E-state index in [1.807, 2.05) is 12.1 Å². The van der Waals surface area contributed by atoms with Gasteiger partial charge in [-0.15, -0.1) is 0 Å². The molecule has 0 amide bonds. The van der Waals surface area contributed by atoms with Crippen molar-refractivity contribution in [1.29, 1.82) is 0 Å². The Bertz CT molecular complexity index is 1010. The van der Waals surface area contributed by atoms with Crippen LogP contribution in [0.15, 0.2) is 34.3 Å². The van der Waals surface area contributed by atoms with Crippen molar-refractivity contribution >= 4 is 29.8 Å². The molecule has 0 unspecified atom stereocenters. The lowest BCUT2D eigenvalue weighted by Crippen LogP contribution is -2.32. The van der Waals surface area contributed by atoms with E-state index < -0.39 is 22.1 Å². The Morgan fingerprint density at radius 2 is 1.79 bits per heavy atom. The van der Waals surface area contributed by atoms with Gasteiger partial charge in [0.2, 0.25) is 17.4 Å². The van der Waals surface area contributed by atoms with Gasteiger partial charge in [-0.25, -0.2) is 9.97 Å². The third-order valence-corrected chi connectivity index (χ3v) is 4.99. The van der Waals surface area contributed by atoms with Crippen LogP contribution < -0.4 is 5.32 Å². The molecule has 2 heterocycles. The summed E-state index contributed by atoms with van der Waals surface area (Å²) in [4.78, 5) is 40.4. The Hall–Kier alpha value is -3.49. The minimum absolute atomic E-state index is 0.0549. The second-order valence-corrected chi connectivity index (χ2v) is 7.01. The number of ketones is 1. The lowest BCUT2D eigenvalue weighted by Gasteiger charge is -2.17. The average molecular weight is 378 g/mol. The molecule has 0 fully saturated rings. The Morgan fingerprint density at radius 3 is 2.36 bits per heavy atom. The van der Waals surface area contributed by atoms with Crippen LogP contribution in [0.3, 0.4) is 0 Å². The Balaban J connectivity index is 1.67. The summed E-state index contributed by atoms with van der Waals surface area (Å²) in [5.41, 5.74) is 0.481.